The Kier molecular flexibility index (Phi) is 3.69. The van der Waals surface area contributed by atoms with Crippen LogP contribution in [0.3, 0.4) is 0 Å². The van der Waals surface area contributed by atoms with Crippen LogP contribution in [0.15, 0.2) is 41.3 Å². The number of benzene rings is 2. The molecule has 0 aliphatic carbocycles. The number of rotatable bonds is 3. The average Bonchev–Trinajstić information content (AvgIpc) is 2.38. The normalized spacial score (nSPS) is 10.5. The van der Waals surface area contributed by atoms with E-state index in [1.165, 1.54) is 5.39 Å². The van der Waals surface area contributed by atoms with Crippen molar-refractivity contribution in [2.75, 3.05) is 12.8 Å². The third-order valence-corrected chi connectivity index (χ3v) is 3.66. The SMILES string of the molecule is CCSc1c(C(=O)NC)ccc2ccccc12. The molecule has 0 fully saturated rings. The lowest BCUT2D eigenvalue weighted by molar-refractivity contribution is 0.0960. The van der Waals surface area contributed by atoms with Gasteiger partial charge in [-0.2, -0.15) is 0 Å². The van der Waals surface area contributed by atoms with Crippen molar-refractivity contribution in [3.63, 3.8) is 0 Å². The monoisotopic (exact) mass is 245 g/mol. The largest absolute Gasteiger partial charge is 0.355 e. The molecule has 1 N–H and O–H groups in total. The summed E-state index contributed by atoms with van der Waals surface area (Å²) in [5.41, 5.74) is 0.762. The quantitative estimate of drug-likeness (QED) is 0.841. The van der Waals surface area contributed by atoms with Crippen LogP contribution in [0.1, 0.15) is 17.3 Å². The van der Waals surface area contributed by atoms with E-state index in [9.17, 15) is 4.79 Å². The molecule has 0 aliphatic heterocycles. The molecule has 2 rings (SSSR count). The number of carbonyl (C=O) groups is 1. The zero-order chi connectivity index (χ0) is 12.3. The highest BCUT2D eigenvalue weighted by atomic mass is 32.2. The van der Waals surface area contributed by atoms with Crippen molar-refractivity contribution in [2.24, 2.45) is 0 Å². The van der Waals surface area contributed by atoms with Crippen molar-refractivity contribution in [1.29, 1.82) is 0 Å². The van der Waals surface area contributed by atoms with Gasteiger partial charge in [-0.3, -0.25) is 4.79 Å². The maximum absolute atomic E-state index is 11.8. The van der Waals surface area contributed by atoms with Crippen LogP contribution in [-0.4, -0.2) is 18.7 Å². The van der Waals surface area contributed by atoms with E-state index < -0.39 is 0 Å². The van der Waals surface area contributed by atoms with Gasteiger partial charge in [0.15, 0.2) is 0 Å². The van der Waals surface area contributed by atoms with Crippen molar-refractivity contribution < 1.29 is 4.79 Å². The molecule has 0 aliphatic rings. The number of thioether (sulfide) groups is 1. The summed E-state index contributed by atoms with van der Waals surface area (Å²) < 4.78 is 0. The molecule has 2 aromatic rings. The zero-order valence-corrected chi connectivity index (χ0v) is 10.8. The second-order valence-corrected chi connectivity index (χ2v) is 4.95. The van der Waals surface area contributed by atoms with Crippen molar-refractivity contribution in [1.82, 2.24) is 5.32 Å². The van der Waals surface area contributed by atoms with Crippen molar-refractivity contribution >= 4 is 28.4 Å². The Morgan fingerprint density at radius 2 is 2.00 bits per heavy atom. The predicted octanol–water partition coefficient (Wildman–Crippen LogP) is 3.31. The van der Waals surface area contributed by atoms with E-state index in [1.54, 1.807) is 18.8 Å². The summed E-state index contributed by atoms with van der Waals surface area (Å²) >= 11 is 1.71. The van der Waals surface area contributed by atoms with Gasteiger partial charge in [0, 0.05) is 11.9 Å². The molecule has 2 nitrogen and oxygen atoms in total. The molecule has 0 atom stereocenters. The summed E-state index contributed by atoms with van der Waals surface area (Å²) in [5.74, 6) is 0.935. The highest BCUT2D eigenvalue weighted by Crippen LogP contribution is 2.31. The van der Waals surface area contributed by atoms with Crippen LogP contribution in [0, 0.1) is 0 Å². The van der Waals surface area contributed by atoms with E-state index in [1.807, 2.05) is 24.3 Å². The first-order valence-corrected chi connectivity index (χ1v) is 6.63. The summed E-state index contributed by atoms with van der Waals surface area (Å²) in [5, 5.41) is 5.02. The third-order valence-electron chi connectivity index (χ3n) is 2.64. The highest BCUT2D eigenvalue weighted by Gasteiger charge is 2.12. The van der Waals surface area contributed by atoms with E-state index in [0.717, 1.165) is 21.6 Å². The molecule has 88 valence electrons. The fraction of sp³-hybridized carbons (Fsp3) is 0.214. The van der Waals surface area contributed by atoms with Crippen LogP contribution in [-0.2, 0) is 0 Å². The van der Waals surface area contributed by atoms with E-state index in [4.69, 9.17) is 0 Å². The molecule has 3 heteroatoms. The molecule has 0 spiro atoms. The molecule has 0 bridgehead atoms. The third kappa shape index (κ3) is 2.29. The Morgan fingerprint density at radius 1 is 1.24 bits per heavy atom. The lowest BCUT2D eigenvalue weighted by atomic mass is 10.1. The fourth-order valence-electron chi connectivity index (χ4n) is 1.86. The molecule has 0 saturated carbocycles. The Hall–Kier alpha value is -1.48. The summed E-state index contributed by atoms with van der Waals surface area (Å²) in [6.07, 6.45) is 0. The molecule has 0 radical (unpaired) electrons. The molecular formula is C14H15NOS. The Balaban J connectivity index is 2.68. The molecule has 1 amide bonds. The summed E-state index contributed by atoms with van der Waals surface area (Å²) in [4.78, 5) is 12.9. The van der Waals surface area contributed by atoms with Gasteiger partial charge in [0.1, 0.15) is 0 Å². The molecule has 0 heterocycles. The Bertz CT molecular complexity index is 551. The Morgan fingerprint density at radius 3 is 2.71 bits per heavy atom. The van der Waals surface area contributed by atoms with Gasteiger partial charge in [-0.15, -0.1) is 11.8 Å². The summed E-state index contributed by atoms with van der Waals surface area (Å²) in [6, 6.07) is 12.1. The van der Waals surface area contributed by atoms with E-state index in [0.29, 0.717) is 0 Å². The molecule has 17 heavy (non-hydrogen) atoms. The number of hydrogen-bond donors (Lipinski definition) is 1. The van der Waals surface area contributed by atoms with Gasteiger partial charge in [0.05, 0.1) is 5.56 Å². The molecule has 0 aromatic heterocycles. The minimum atomic E-state index is -0.0216. The van der Waals surface area contributed by atoms with Gasteiger partial charge in [-0.25, -0.2) is 0 Å². The van der Waals surface area contributed by atoms with Crippen molar-refractivity contribution in [2.45, 2.75) is 11.8 Å². The molecule has 2 aromatic carbocycles. The maximum Gasteiger partial charge on any atom is 0.252 e. The van der Waals surface area contributed by atoms with Gasteiger partial charge >= 0.3 is 0 Å². The van der Waals surface area contributed by atoms with Crippen molar-refractivity contribution in [3.8, 4) is 0 Å². The lowest BCUT2D eigenvalue weighted by Gasteiger charge is -2.10. The minimum Gasteiger partial charge on any atom is -0.355 e. The maximum atomic E-state index is 11.8. The number of fused-ring (bicyclic) bond motifs is 1. The van der Waals surface area contributed by atoms with Gasteiger partial charge in [-0.1, -0.05) is 37.3 Å². The number of nitrogens with one attached hydrogen (secondary N) is 1. The fourth-order valence-corrected chi connectivity index (χ4v) is 2.80. The van der Waals surface area contributed by atoms with Gasteiger partial charge in [-0.05, 0) is 22.6 Å². The standard InChI is InChI=1S/C14H15NOS/c1-3-17-13-11-7-5-4-6-10(11)8-9-12(13)14(16)15-2/h4-9H,3H2,1-2H3,(H,15,16). The predicted molar refractivity (Wildman–Crippen MR) is 73.7 cm³/mol. The lowest BCUT2D eigenvalue weighted by Crippen LogP contribution is -2.18. The van der Waals surface area contributed by atoms with E-state index in [2.05, 4.69) is 24.4 Å². The summed E-state index contributed by atoms with van der Waals surface area (Å²) in [6.45, 7) is 2.10. The van der Waals surface area contributed by atoms with Crippen LogP contribution in [0.5, 0.6) is 0 Å². The van der Waals surface area contributed by atoms with E-state index >= 15 is 0 Å². The first-order chi connectivity index (χ1) is 8.27. The first-order valence-electron chi connectivity index (χ1n) is 5.64. The smallest absolute Gasteiger partial charge is 0.252 e. The van der Waals surface area contributed by atoms with Gasteiger partial charge in [0.25, 0.3) is 5.91 Å². The average molecular weight is 245 g/mol. The van der Waals surface area contributed by atoms with Crippen LogP contribution in [0.25, 0.3) is 10.8 Å². The molecular weight excluding hydrogens is 230 g/mol. The van der Waals surface area contributed by atoms with Crippen LogP contribution >= 0.6 is 11.8 Å². The second kappa shape index (κ2) is 5.23. The van der Waals surface area contributed by atoms with Gasteiger partial charge < -0.3 is 5.32 Å². The minimum absolute atomic E-state index is 0.0216. The topological polar surface area (TPSA) is 29.1 Å². The highest BCUT2D eigenvalue weighted by molar-refractivity contribution is 7.99. The Labute approximate surface area is 105 Å². The second-order valence-electron chi connectivity index (χ2n) is 3.68. The van der Waals surface area contributed by atoms with Crippen molar-refractivity contribution in [3.05, 3.63) is 42.0 Å². The van der Waals surface area contributed by atoms with E-state index in [-0.39, 0.29) is 5.91 Å². The van der Waals surface area contributed by atoms with Crippen LogP contribution < -0.4 is 5.32 Å². The number of carbonyl (C=O) groups excluding carboxylic acids is 1. The summed E-state index contributed by atoms with van der Waals surface area (Å²) in [7, 11) is 1.66. The molecule has 0 unspecified atom stereocenters. The van der Waals surface area contributed by atoms with Crippen LogP contribution in [0.2, 0.25) is 0 Å². The first kappa shape index (κ1) is 12.0. The molecule has 0 saturated heterocycles. The zero-order valence-electron chi connectivity index (χ0n) is 9.99. The number of amides is 1. The van der Waals surface area contributed by atoms with Crippen LogP contribution in [0.4, 0.5) is 0 Å². The number of hydrogen-bond acceptors (Lipinski definition) is 2. The van der Waals surface area contributed by atoms with Gasteiger partial charge in [0.2, 0.25) is 0 Å².